The van der Waals surface area contributed by atoms with Crippen LogP contribution < -0.4 is 0 Å². The zero-order valence-electron chi connectivity index (χ0n) is 13.6. The lowest BCUT2D eigenvalue weighted by Gasteiger charge is -2.12. The van der Waals surface area contributed by atoms with Crippen LogP contribution in [0.2, 0.25) is 0 Å². The van der Waals surface area contributed by atoms with Gasteiger partial charge in [-0.15, -0.1) is 0 Å². The van der Waals surface area contributed by atoms with Crippen LogP contribution >= 0.6 is 0 Å². The Bertz CT molecular complexity index is 874. The van der Waals surface area contributed by atoms with E-state index in [1.54, 1.807) is 25.1 Å². The van der Waals surface area contributed by atoms with Crippen molar-refractivity contribution in [2.24, 2.45) is 0 Å². The first kappa shape index (κ1) is 17.8. The maximum atomic E-state index is 12.8. The number of ketones is 1. The molecule has 0 saturated heterocycles. The summed E-state index contributed by atoms with van der Waals surface area (Å²) >= 11 is 0. The van der Waals surface area contributed by atoms with E-state index in [1.807, 2.05) is 0 Å². The van der Waals surface area contributed by atoms with Crippen LogP contribution in [0.3, 0.4) is 0 Å². The number of hydrogen-bond donors (Lipinski definition) is 0. The number of hydrogen-bond acceptors (Lipinski definition) is 6. The first-order chi connectivity index (χ1) is 11.8. The van der Waals surface area contributed by atoms with Crippen LogP contribution in [-0.4, -0.2) is 34.6 Å². The molecule has 2 aromatic carbocycles. The molecule has 0 atom stereocenters. The Labute approximate surface area is 143 Å². The third kappa shape index (κ3) is 4.25. The molecule has 0 aliphatic heterocycles. The third-order valence-corrected chi connectivity index (χ3v) is 3.32. The fourth-order valence-corrected chi connectivity index (χ4v) is 2.23. The number of carbonyl (C=O) groups excluding carboxylic acids is 1. The molecule has 0 saturated carbocycles. The minimum Gasteiger partial charge on any atom is -0.383 e. The number of nitro groups is 2. The second-order valence-electron chi connectivity index (χ2n) is 5.45. The normalized spacial score (nSPS) is 11.0. The predicted molar refractivity (Wildman–Crippen MR) is 92.2 cm³/mol. The van der Waals surface area contributed by atoms with E-state index in [9.17, 15) is 25.0 Å². The first-order valence-corrected chi connectivity index (χ1v) is 7.22. The molecule has 2 aromatic rings. The first-order valence-electron chi connectivity index (χ1n) is 7.22. The number of non-ortho nitro benzene ring substituents is 2. The summed E-state index contributed by atoms with van der Waals surface area (Å²) in [6.45, 7) is 0. The zero-order valence-corrected chi connectivity index (χ0v) is 13.6. The van der Waals surface area contributed by atoms with Crippen molar-refractivity contribution in [3.8, 4) is 0 Å². The van der Waals surface area contributed by atoms with E-state index in [2.05, 4.69) is 0 Å². The van der Waals surface area contributed by atoms with Crippen molar-refractivity contribution in [1.82, 2.24) is 4.90 Å². The number of rotatable bonds is 6. The Morgan fingerprint density at radius 3 is 1.88 bits per heavy atom. The van der Waals surface area contributed by atoms with Gasteiger partial charge in [-0.2, -0.15) is 0 Å². The molecule has 0 aromatic heterocycles. The summed E-state index contributed by atoms with van der Waals surface area (Å²) in [5.41, 5.74) is 0.352. The molecule has 2 rings (SSSR count). The van der Waals surface area contributed by atoms with Crippen molar-refractivity contribution < 1.29 is 14.6 Å². The Morgan fingerprint density at radius 2 is 1.40 bits per heavy atom. The molecule has 25 heavy (non-hydrogen) atoms. The standard InChI is InChI=1S/C17H15N3O5/c1-18(2)11-16(12-5-3-7-14(9-12)19(22)23)17(21)13-6-4-8-15(10-13)20(24)25/h3-11H,1-2H3. The van der Waals surface area contributed by atoms with Crippen LogP contribution in [0.1, 0.15) is 15.9 Å². The molecule has 8 nitrogen and oxygen atoms in total. The average Bonchev–Trinajstić information content (AvgIpc) is 2.59. The quantitative estimate of drug-likeness (QED) is 0.345. The second-order valence-corrected chi connectivity index (χ2v) is 5.45. The van der Waals surface area contributed by atoms with Crippen LogP contribution in [-0.2, 0) is 0 Å². The van der Waals surface area contributed by atoms with E-state index in [0.717, 1.165) is 0 Å². The summed E-state index contributed by atoms with van der Waals surface area (Å²) in [4.78, 5) is 35.2. The van der Waals surface area contributed by atoms with Crippen molar-refractivity contribution in [1.29, 1.82) is 0 Å². The van der Waals surface area contributed by atoms with Gasteiger partial charge < -0.3 is 4.90 Å². The highest BCUT2D eigenvalue weighted by molar-refractivity contribution is 6.29. The van der Waals surface area contributed by atoms with Crippen LogP contribution in [0.25, 0.3) is 5.57 Å². The number of nitrogens with zero attached hydrogens (tertiary/aromatic N) is 3. The van der Waals surface area contributed by atoms with Gasteiger partial charge in [0.2, 0.25) is 0 Å². The van der Waals surface area contributed by atoms with Gasteiger partial charge in [-0.3, -0.25) is 25.0 Å². The Morgan fingerprint density at radius 1 is 0.920 bits per heavy atom. The molecule has 8 heteroatoms. The molecule has 0 heterocycles. The van der Waals surface area contributed by atoms with Gasteiger partial charge in [0, 0.05) is 55.7 Å². The Kier molecular flexibility index (Phi) is 5.23. The van der Waals surface area contributed by atoms with E-state index >= 15 is 0 Å². The van der Waals surface area contributed by atoms with Crippen molar-refractivity contribution >= 4 is 22.7 Å². The van der Waals surface area contributed by atoms with E-state index in [-0.39, 0.29) is 22.5 Å². The number of nitro benzene ring substituents is 2. The summed E-state index contributed by atoms with van der Waals surface area (Å²) in [7, 11) is 3.41. The van der Waals surface area contributed by atoms with E-state index < -0.39 is 15.6 Å². The van der Waals surface area contributed by atoms with Gasteiger partial charge in [-0.05, 0) is 5.56 Å². The lowest BCUT2D eigenvalue weighted by molar-refractivity contribution is -0.385. The van der Waals surface area contributed by atoms with Crippen LogP contribution in [0.5, 0.6) is 0 Å². The van der Waals surface area contributed by atoms with Gasteiger partial charge >= 0.3 is 0 Å². The fourth-order valence-electron chi connectivity index (χ4n) is 2.23. The molecule has 0 aliphatic carbocycles. The molecule has 0 spiro atoms. The zero-order chi connectivity index (χ0) is 18.6. The monoisotopic (exact) mass is 341 g/mol. The number of carbonyl (C=O) groups is 1. The van der Waals surface area contributed by atoms with Crippen molar-refractivity contribution in [2.75, 3.05) is 14.1 Å². The Hall–Kier alpha value is -3.55. The van der Waals surface area contributed by atoms with Gasteiger partial charge in [-0.25, -0.2) is 0 Å². The highest BCUT2D eigenvalue weighted by atomic mass is 16.6. The summed E-state index contributed by atoms with van der Waals surface area (Å²) in [5.74, 6) is -0.460. The lowest BCUT2D eigenvalue weighted by Crippen LogP contribution is -2.10. The van der Waals surface area contributed by atoms with Crippen LogP contribution in [0.15, 0.2) is 54.7 Å². The molecule has 0 N–H and O–H groups in total. The predicted octanol–water partition coefficient (Wildman–Crippen LogP) is 3.29. The smallest absolute Gasteiger partial charge is 0.270 e. The van der Waals surface area contributed by atoms with Gasteiger partial charge in [0.15, 0.2) is 5.78 Å². The minimum absolute atomic E-state index is 0.133. The van der Waals surface area contributed by atoms with Gasteiger partial charge in [0.25, 0.3) is 11.4 Å². The largest absolute Gasteiger partial charge is 0.383 e. The average molecular weight is 341 g/mol. The number of benzene rings is 2. The molecular weight excluding hydrogens is 326 g/mol. The maximum Gasteiger partial charge on any atom is 0.270 e. The maximum absolute atomic E-state index is 12.8. The molecule has 0 aliphatic rings. The lowest BCUT2D eigenvalue weighted by atomic mass is 9.96. The van der Waals surface area contributed by atoms with Crippen LogP contribution in [0, 0.1) is 20.2 Å². The molecule has 0 unspecified atom stereocenters. The minimum atomic E-state index is -0.584. The second kappa shape index (κ2) is 7.35. The Balaban J connectivity index is 2.53. The van der Waals surface area contributed by atoms with E-state index in [1.165, 1.54) is 48.7 Å². The van der Waals surface area contributed by atoms with E-state index in [4.69, 9.17) is 0 Å². The SMILES string of the molecule is CN(C)C=C(C(=O)c1cccc([N+](=O)[O-])c1)c1cccc([N+](=O)[O-])c1. The van der Waals surface area contributed by atoms with Gasteiger partial charge in [0.1, 0.15) is 0 Å². The number of Topliss-reactive ketones (excluding diaryl/α,β-unsaturated/α-hetero) is 1. The topological polar surface area (TPSA) is 107 Å². The fraction of sp³-hybridized carbons (Fsp3) is 0.118. The highest BCUT2D eigenvalue weighted by Crippen LogP contribution is 2.25. The van der Waals surface area contributed by atoms with Crippen molar-refractivity contribution in [2.45, 2.75) is 0 Å². The summed E-state index contributed by atoms with van der Waals surface area (Å²) in [5, 5.41) is 21.9. The number of allylic oxidation sites excluding steroid dienone is 1. The third-order valence-electron chi connectivity index (χ3n) is 3.32. The molecule has 0 radical (unpaired) electrons. The molecule has 0 fully saturated rings. The summed E-state index contributed by atoms with van der Waals surface area (Å²) in [6, 6.07) is 11.1. The highest BCUT2D eigenvalue weighted by Gasteiger charge is 2.19. The summed E-state index contributed by atoms with van der Waals surface area (Å²) < 4.78 is 0. The van der Waals surface area contributed by atoms with Crippen LogP contribution in [0.4, 0.5) is 11.4 Å². The van der Waals surface area contributed by atoms with Crippen molar-refractivity contribution in [3.05, 3.63) is 86.1 Å². The molecule has 128 valence electrons. The van der Waals surface area contributed by atoms with Crippen molar-refractivity contribution in [3.63, 3.8) is 0 Å². The molecular formula is C17H15N3O5. The molecule has 0 bridgehead atoms. The van der Waals surface area contributed by atoms with Gasteiger partial charge in [-0.1, -0.05) is 24.3 Å². The summed E-state index contributed by atoms with van der Waals surface area (Å²) in [6.07, 6.45) is 1.53. The van der Waals surface area contributed by atoms with Gasteiger partial charge in [0.05, 0.1) is 9.85 Å². The molecule has 0 amide bonds. The van der Waals surface area contributed by atoms with E-state index in [0.29, 0.717) is 5.56 Å².